The summed E-state index contributed by atoms with van der Waals surface area (Å²) in [7, 11) is 0. The molecule has 3 aromatic rings. The lowest BCUT2D eigenvalue weighted by atomic mass is 10.1. The highest BCUT2D eigenvalue weighted by molar-refractivity contribution is 5.96. The fraction of sp³-hybridized carbons (Fsp3) is 0.150. The summed E-state index contributed by atoms with van der Waals surface area (Å²) >= 11 is 0. The molecule has 0 saturated carbocycles. The van der Waals surface area contributed by atoms with Gasteiger partial charge >= 0.3 is 5.97 Å². The normalized spacial score (nSPS) is 10.4. The molecule has 2 aromatic carbocycles. The van der Waals surface area contributed by atoms with Crippen LogP contribution >= 0.6 is 0 Å². The number of hydrogen-bond donors (Lipinski definition) is 2. The molecule has 7 nitrogen and oxygen atoms in total. The van der Waals surface area contributed by atoms with Crippen LogP contribution in [0.4, 0.5) is 10.3 Å². The van der Waals surface area contributed by atoms with E-state index in [0.29, 0.717) is 5.56 Å². The van der Waals surface area contributed by atoms with Crippen LogP contribution in [0.15, 0.2) is 52.9 Å². The number of benzene rings is 2. The van der Waals surface area contributed by atoms with Crippen molar-refractivity contribution in [3.05, 3.63) is 71.2 Å². The molecule has 2 N–H and O–H groups in total. The third kappa shape index (κ3) is 4.17. The van der Waals surface area contributed by atoms with Crippen LogP contribution in [0.5, 0.6) is 0 Å². The molecule has 0 saturated heterocycles. The van der Waals surface area contributed by atoms with Crippen molar-refractivity contribution in [1.82, 2.24) is 10.4 Å². The van der Waals surface area contributed by atoms with Crippen molar-refractivity contribution in [2.75, 3.05) is 12.0 Å². The molecule has 0 spiro atoms. The number of carbonyl (C=O) groups excluding carboxylic acids is 2. The predicted molar refractivity (Wildman–Crippen MR) is 100 cm³/mol. The van der Waals surface area contributed by atoms with Crippen LogP contribution in [0.25, 0.3) is 11.5 Å². The van der Waals surface area contributed by atoms with Crippen molar-refractivity contribution in [1.29, 1.82) is 0 Å². The molecule has 8 heteroatoms. The van der Waals surface area contributed by atoms with E-state index in [9.17, 15) is 14.0 Å². The van der Waals surface area contributed by atoms with Crippen LogP contribution in [0, 0.1) is 12.7 Å². The van der Waals surface area contributed by atoms with Crippen molar-refractivity contribution >= 4 is 17.8 Å². The van der Waals surface area contributed by atoms with Gasteiger partial charge < -0.3 is 9.15 Å². The zero-order valence-corrected chi connectivity index (χ0v) is 15.3. The second kappa shape index (κ2) is 8.34. The van der Waals surface area contributed by atoms with Crippen molar-refractivity contribution < 1.29 is 23.1 Å². The Morgan fingerprint density at radius 2 is 1.86 bits per heavy atom. The first-order valence-electron chi connectivity index (χ1n) is 8.55. The van der Waals surface area contributed by atoms with E-state index in [2.05, 4.69) is 15.8 Å². The zero-order chi connectivity index (χ0) is 20.1. The molecule has 28 heavy (non-hydrogen) atoms. The molecule has 3 rings (SSSR count). The first kappa shape index (κ1) is 19.1. The van der Waals surface area contributed by atoms with E-state index in [1.54, 1.807) is 19.1 Å². The highest BCUT2D eigenvalue weighted by Crippen LogP contribution is 2.26. The Labute approximate surface area is 160 Å². The van der Waals surface area contributed by atoms with Crippen LogP contribution in [0.1, 0.15) is 33.3 Å². The van der Waals surface area contributed by atoms with Crippen molar-refractivity contribution in [2.24, 2.45) is 0 Å². The summed E-state index contributed by atoms with van der Waals surface area (Å²) in [6.45, 7) is 3.74. The molecule has 0 aliphatic rings. The Morgan fingerprint density at radius 1 is 1.14 bits per heavy atom. The molecule has 1 heterocycles. The number of hydrazine groups is 1. The maximum atomic E-state index is 13.7. The average molecular weight is 383 g/mol. The van der Waals surface area contributed by atoms with E-state index < -0.39 is 17.7 Å². The maximum absolute atomic E-state index is 13.7. The van der Waals surface area contributed by atoms with Gasteiger partial charge in [0.05, 0.1) is 12.2 Å². The molecular weight excluding hydrogens is 365 g/mol. The number of ether oxygens (including phenoxy) is 1. The van der Waals surface area contributed by atoms with E-state index in [4.69, 9.17) is 9.15 Å². The van der Waals surface area contributed by atoms with Crippen LogP contribution in [0.3, 0.4) is 0 Å². The van der Waals surface area contributed by atoms with Crippen molar-refractivity contribution in [2.45, 2.75) is 13.8 Å². The van der Waals surface area contributed by atoms with Gasteiger partial charge in [0.25, 0.3) is 5.91 Å². The quantitative estimate of drug-likeness (QED) is 0.498. The predicted octanol–water partition coefficient (Wildman–Crippen LogP) is 3.72. The van der Waals surface area contributed by atoms with Gasteiger partial charge in [-0.15, -0.1) is 0 Å². The number of esters is 1. The van der Waals surface area contributed by atoms with Gasteiger partial charge in [-0.3, -0.25) is 15.6 Å². The summed E-state index contributed by atoms with van der Waals surface area (Å²) in [5.74, 6) is -2.07. The Morgan fingerprint density at radius 3 is 2.54 bits per heavy atom. The second-order valence-electron chi connectivity index (χ2n) is 5.84. The third-order valence-electron chi connectivity index (χ3n) is 3.80. The van der Waals surface area contributed by atoms with Crippen LogP contribution < -0.4 is 10.9 Å². The third-order valence-corrected chi connectivity index (χ3v) is 3.80. The van der Waals surface area contributed by atoms with Gasteiger partial charge in [0.1, 0.15) is 5.82 Å². The summed E-state index contributed by atoms with van der Waals surface area (Å²) in [5, 5.41) is 0. The molecule has 1 amide bonds. The molecule has 144 valence electrons. The lowest BCUT2D eigenvalue weighted by Gasteiger charge is -2.07. The number of nitrogens with zero attached hydrogens (tertiary/aromatic N) is 1. The van der Waals surface area contributed by atoms with Gasteiger partial charge in [-0.25, -0.2) is 9.18 Å². The van der Waals surface area contributed by atoms with Gasteiger partial charge in [-0.05, 0) is 38.1 Å². The first-order valence-corrected chi connectivity index (χ1v) is 8.55. The van der Waals surface area contributed by atoms with E-state index in [1.807, 2.05) is 19.1 Å². The average Bonchev–Trinajstić information content (AvgIpc) is 3.11. The molecule has 0 atom stereocenters. The maximum Gasteiger partial charge on any atom is 0.362 e. The van der Waals surface area contributed by atoms with Gasteiger partial charge in [0.2, 0.25) is 17.5 Å². The summed E-state index contributed by atoms with van der Waals surface area (Å²) < 4.78 is 24.3. The smallest absolute Gasteiger partial charge is 0.362 e. The van der Waals surface area contributed by atoms with Gasteiger partial charge in [-0.2, -0.15) is 4.98 Å². The van der Waals surface area contributed by atoms with E-state index in [1.165, 1.54) is 24.3 Å². The molecule has 0 fully saturated rings. The number of aromatic nitrogens is 1. The minimum absolute atomic E-state index is 0.112. The largest absolute Gasteiger partial charge is 0.461 e. The number of carbonyl (C=O) groups is 2. The van der Waals surface area contributed by atoms with Crippen molar-refractivity contribution in [3.63, 3.8) is 0 Å². The van der Waals surface area contributed by atoms with Crippen LogP contribution in [0.2, 0.25) is 0 Å². The number of amides is 1. The van der Waals surface area contributed by atoms with E-state index in [0.717, 1.165) is 5.56 Å². The summed E-state index contributed by atoms with van der Waals surface area (Å²) in [6.07, 6.45) is 0. The van der Waals surface area contributed by atoms with Gasteiger partial charge in [-0.1, -0.05) is 29.8 Å². The molecule has 0 aliphatic heterocycles. The fourth-order valence-corrected chi connectivity index (χ4v) is 2.39. The highest BCUT2D eigenvalue weighted by atomic mass is 19.1. The lowest BCUT2D eigenvalue weighted by molar-refractivity contribution is 0.0520. The van der Waals surface area contributed by atoms with Crippen LogP contribution in [-0.2, 0) is 4.74 Å². The molecule has 1 aromatic heterocycles. The van der Waals surface area contributed by atoms with Gasteiger partial charge in [0, 0.05) is 5.56 Å². The SMILES string of the molecule is CCOC(=O)c1nc(-c2ccc(C)cc2)oc1NNC(=O)c1ccccc1F. The number of halogens is 1. The Hall–Kier alpha value is -3.68. The molecule has 0 radical (unpaired) electrons. The number of rotatable bonds is 6. The summed E-state index contributed by atoms with van der Waals surface area (Å²) in [6, 6.07) is 12.8. The van der Waals surface area contributed by atoms with E-state index >= 15 is 0 Å². The summed E-state index contributed by atoms with van der Waals surface area (Å²) in [5.41, 5.74) is 6.18. The minimum atomic E-state index is -0.735. The second-order valence-corrected chi connectivity index (χ2v) is 5.84. The number of oxazole rings is 1. The van der Waals surface area contributed by atoms with Gasteiger partial charge in [0.15, 0.2) is 0 Å². The topological polar surface area (TPSA) is 93.5 Å². The first-order chi connectivity index (χ1) is 13.5. The number of aryl methyl sites for hydroxylation is 1. The summed E-state index contributed by atoms with van der Waals surface area (Å²) in [4.78, 5) is 28.5. The molecule has 0 aliphatic carbocycles. The Kier molecular flexibility index (Phi) is 5.69. The highest BCUT2D eigenvalue weighted by Gasteiger charge is 2.23. The van der Waals surface area contributed by atoms with Crippen molar-refractivity contribution in [3.8, 4) is 11.5 Å². The molecule has 0 unspecified atom stereocenters. The monoisotopic (exact) mass is 383 g/mol. The van der Waals surface area contributed by atoms with E-state index in [-0.39, 0.29) is 29.6 Å². The number of anilines is 1. The minimum Gasteiger partial charge on any atom is -0.461 e. The Balaban J connectivity index is 1.86. The molecule has 0 bridgehead atoms. The number of nitrogens with one attached hydrogen (secondary N) is 2. The Bertz CT molecular complexity index is 999. The van der Waals surface area contributed by atoms with Crippen LogP contribution in [-0.4, -0.2) is 23.5 Å². The zero-order valence-electron chi connectivity index (χ0n) is 15.3. The fourth-order valence-electron chi connectivity index (χ4n) is 2.39. The lowest BCUT2D eigenvalue weighted by Crippen LogP contribution is -2.30. The standard InChI is InChI=1S/C20H18FN3O4/c1-3-27-20(26)16-19(24-23-17(25)14-6-4-5-7-15(14)21)28-18(22-16)13-10-8-12(2)9-11-13/h4-11,24H,3H2,1-2H3,(H,23,25). The molecular formula is C20H18FN3O4. The number of hydrogen-bond acceptors (Lipinski definition) is 6.